The number of amides is 1. The molecule has 4 aromatic rings. The average Bonchev–Trinajstić information content (AvgIpc) is 3.36. The van der Waals surface area contributed by atoms with Gasteiger partial charge in [0, 0.05) is 53.7 Å². The van der Waals surface area contributed by atoms with Crippen molar-refractivity contribution in [3.63, 3.8) is 0 Å². The van der Waals surface area contributed by atoms with Gasteiger partial charge in [-0.3, -0.25) is 15.0 Å². The van der Waals surface area contributed by atoms with E-state index in [9.17, 15) is 9.18 Å². The van der Waals surface area contributed by atoms with Gasteiger partial charge in [-0.1, -0.05) is 36.4 Å². The van der Waals surface area contributed by atoms with E-state index in [0.717, 1.165) is 36.4 Å². The van der Waals surface area contributed by atoms with Crippen LogP contribution in [0.4, 0.5) is 9.52 Å². The molecule has 0 bridgehead atoms. The molecule has 0 atom stereocenters. The Morgan fingerprint density at radius 3 is 2.84 bits per heavy atom. The maximum atomic E-state index is 14.4. The molecule has 0 fully saturated rings. The fraction of sp³-hybridized carbons (Fsp3) is 0.250. The molecule has 0 unspecified atom stereocenters. The first-order valence-corrected chi connectivity index (χ1v) is 12.0. The lowest BCUT2D eigenvalue weighted by Gasteiger charge is -2.25. The van der Waals surface area contributed by atoms with Gasteiger partial charge in [-0.2, -0.15) is 0 Å². The minimum atomic E-state index is -0.340. The van der Waals surface area contributed by atoms with Crippen molar-refractivity contribution in [3.8, 4) is 0 Å². The third kappa shape index (κ3) is 4.19. The van der Waals surface area contributed by atoms with E-state index < -0.39 is 0 Å². The van der Waals surface area contributed by atoms with E-state index in [1.165, 1.54) is 39.2 Å². The molecule has 5 nitrogen and oxygen atoms in total. The van der Waals surface area contributed by atoms with Crippen LogP contribution in [0, 0.1) is 5.82 Å². The van der Waals surface area contributed by atoms with Crippen molar-refractivity contribution in [1.82, 2.24) is 9.88 Å². The molecule has 0 aliphatic carbocycles. The van der Waals surface area contributed by atoms with Crippen LogP contribution >= 0.6 is 22.7 Å². The van der Waals surface area contributed by atoms with Crippen LogP contribution in [0.3, 0.4) is 0 Å². The summed E-state index contributed by atoms with van der Waals surface area (Å²) in [5.74, 6) is -0.613. The number of hydrogen-bond acceptors (Lipinski definition) is 6. The van der Waals surface area contributed by atoms with Gasteiger partial charge in [-0.05, 0) is 17.7 Å². The minimum absolute atomic E-state index is 0.173. The van der Waals surface area contributed by atoms with Gasteiger partial charge in [0.2, 0.25) is 0 Å². The van der Waals surface area contributed by atoms with E-state index in [1.807, 2.05) is 12.1 Å². The Balaban J connectivity index is 1.34. The molecule has 0 saturated heterocycles. The topological polar surface area (TPSA) is 54.5 Å². The predicted molar refractivity (Wildman–Crippen MR) is 127 cm³/mol. The summed E-state index contributed by atoms with van der Waals surface area (Å²) in [5.41, 5.74) is 2.92. The number of fused-ring (bicyclic) bond motifs is 2. The summed E-state index contributed by atoms with van der Waals surface area (Å²) < 4.78 is 20.4. The molecule has 2 aromatic carbocycles. The number of nitrogens with zero attached hydrogens (tertiary/aromatic N) is 2. The second-order valence-corrected chi connectivity index (χ2v) is 9.88. The summed E-state index contributed by atoms with van der Waals surface area (Å²) in [5, 5.41) is 3.99. The Kier molecular flexibility index (Phi) is 6.01. The van der Waals surface area contributed by atoms with Crippen molar-refractivity contribution in [2.24, 2.45) is 0 Å². The molecule has 1 amide bonds. The smallest absolute Gasteiger partial charge is 0.267 e. The molecule has 0 spiro atoms. The van der Waals surface area contributed by atoms with E-state index >= 15 is 0 Å². The van der Waals surface area contributed by atoms with Gasteiger partial charge in [-0.15, -0.1) is 22.7 Å². The van der Waals surface area contributed by atoms with Gasteiger partial charge >= 0.3 is 0 Å². The molecule has 5 rings (SSSR count). The molecule has 0 radical (unpaired) electrons. The highest BCUT2D eigenvalue weighted by atomic mass is 32.1. The van der Waals surface area contributed by atoms with E-state index in [1.54, 1.807) is 13.2 Å². The first-order valence-electron chi connectivity index (χ1n) is 10.4. The zero-order chi connectivity index (χ0) is 22.1. The van der Waals surface area contributed by atoms with E-state index in [0.29, 0.717) is 21.0 Å². The number of halogens is 1. The number of methoxy groups -OCH3 is 1. The molecule has 0 saturated carbocycles. The monoisotopic (exact) mass is 467 g/mol. The molecular weight excluding hydrogens is 445 g/mol. The number of hydrogen-bond donors (Lipinski definition) is 1. The second-order valence-electron chi connectivity index (χ2n) is 7.74. The largest absolute Gasteiger partial charge is 0.380 e. The van der Waals surface area contributed by atoms with Gasteiger partial charge in [0.1, 0.15) is 5.82 Å². The Morgan fingerprint density at radius 1 is 1.19 bits per heavy atom. The molecular formula is C24H22FN3O2S2. The van der Waals surface area contributed by atoms with E-state index in [-0.39, 0.29) is 18.3 Å². The predicted octanol–water partition coefficient (Wildman–Crippen LogP) is 5.45. The molecule has 1 aliphatic rings. The van der Waals surface area contributed by atoms with Crippen molar-refractivity contribution in [3.05, 3.63) is 80.9 Å². The van der Waals surface area contributed by atoms with Crippen LogP contribution in [0.15, 0.2) is 48.5 Å². The molecule has 1 N–H and O–H groups in total. The summed E-state index contributed by atoms with van der Waals surface area (Å²) in [7, 11) is 1.54. The fourth-order valence-corrected chi connectivity index (χ4v) is 6.23. The Hall–Kier alpha value is -2.65. The minimum Gasteiger partial charge on any atom is -0.380 e. The van der Waals surface area contributed by atoms with Gasteiger partial charge in [0.15, 0.2) is 5.13 Å². The summed E-state index contributed by atoms with van der Waals surface area (Å²) in [6.45, 7) is 2.83. The first kappa shape index (κ1) is 21.2. The van der Waals surface area contributed by atoms with E-state index in [4.69, 9.17) is 4.74 Å². The molecule has 3 heterocycles. The molecule has 8 heteroatoms. The highest BCUT2D eigenvalue weighted by molar-refractivity contribution is 7.21. The van der Waals surface area contributed by atoms with Crippen LogP contribution in [0.1, 0.15) is 31.4 Å². The van der Waals surface area contributed by atoms with Crippen molar-refractivity contribution < 1.29 is 13.9 Å². The number of benzene rings is 2. The standard InChI is InChI=1S/C24H22FN3O2S2/c1-30-14-16-21-17(25)8-5-9-19(21)31-22(16)23(29)27-24-26-18-10-11-28(13-20(18)32-24)12-15-6-3-2-4-7-15/h2-9H,10-14H2,1H3,(H,26,27,29). The van der Waals surface area contributed by atoms with Crippen molar-refractivity contribution in [1.29, 1.82) is 0 Å². The van der Waals surface area contributed by atoms with Gasteiger partial charge in [0.25, 0.3) is 5.91 Å². The van der Waals surface area contributed by atoms with E-state index in [2.05, 4.69) is 39.5 Å². The summed E-state index contributed by atoms with van der Waals surface area (Å²) in [4.78, 5) is 21.8. The van der Waals surface area contributed by atoms with Gasteiger partial charge in [0.05, 0.1) is 17.2 Å². The second kappa shape index (κ2) is 9.07. The number of anilines is 1. The number of rotatable bonds is 6. The number of thiazole rings is 1. The summed E-state index contributed by atoms with van der Waals surface area (Å²) >= 11 is 2.79. The molecule has 2 aromatic heterocycles. The Bertz CT molecular complexity index is 1270. The SMILES string of the molecule is COCc1c(C(=O)Nc2nc3c(s2)CN(Cc2ccccc2)CC3)sc2cccc(F)c12. The summed E-state index contributed by atoms with van der Waals surface area (Å²) in [6.07, 6.45) is 0.859. The lowest BCUT2D eigenvalue weighted by molar-refractivity contribution is 0.102. The van der Waals surface area contributed by atoms with Crippen molar-refractivity contribution in [2.45, 2.75) is 26.1 Å². The zero-order valence-corrected chi connectivity index (χ0v) is 19.2. The third-order valence-corrected chi connectivity index (χ3v) is 7.73. The number of carbonyl (C=O) groups is 1. The number of thiophene rings is 1. The Labute approximate surface area is 193 Å². The lowest BCUT2D eigenvalue weighted by atomic mass is 10.1. The first-order chi connectivity index (χ1) is 15.6. The highest BCUT2D eigenvalue weighted by Crippen LogP contribution is 2.35. The van der Waals surface area contributed by atoms with Gasteiger partial charge in [-0.25, -0.2) is 9.37 Å². The lowest BCUT2D eigenvalue weighted by Crippen LogP contribution is -2.29. The van der Waals surface area contributed by atoms with Crippen LogP contribution in [0.2, 0.25) is 0 Å². The van der Waals surface area contributed by atoms with Crippen LogP contribution < -0.4 is 5.32 Å². The van der Waals surface area contributed by atoms with Crippen molar-refractivity contribution in [2.75, 3.05) is 19.0 Å². The highest BCUT2D eigenvalue weighted by Gasteiger charge is 2.24. The number of ether oxygens (including phenoxy) is 1. The molecule has 1 aliphatic heterocycles. The molecule has 32 heavy (non-hydrogen) atoms. The van der Waals surface area contributed by atoms with Crippen molar-refractivity contribution >= 4 is 43.8 Å². The quantitative estimate of drug-likeness (QED) is 0.410. The van der Waals surface area contributed by atoms with Crippen LogP contribution in [-0.2, 0) is 30.9 Å². The fourth-order valence-electron chi connectivity index (χ4n) is 4.07. The third-order valence-electron chi connectivity index (χ3n) is 5.54. The Morgan fingerprint density at radius 2 is 2.03 bits per heavy atom. The molecule has 164 valence electrons. The van der Waals surface area contributed by atoms with Gasteiger partial charge < -0.3 is 4.74 Å². The number of carbonyl (C=O) groups excluding carboxylic acids is 1. The van der Waals surface area contributed by atoms with Crippen LogP contribution in [-0.4, -0.2) is 29.4 Å². The van der Waals surface area contributed by atoms with Crippen LogP contribution in [0.5, 0.6) is 0 Å². The zero-order valence-electron chi connectivity index (χ0n) is 17.6. The normalized spacial score (nSPS) is 13.9. The number of aromatic nitrogens is 1. The maximum absolute atomic E-state index is 14.4. The maximum Gasteiger partial charge on any atom is 0.267 e. The average molecular weight is 468 g/mol. The summed E-state index contributed by atoms with van der Waals surface area (Å²) in [6, 6.07) is 15.3. The van der Waals surface area contributed by atoms with Crippen LogP contribution in [0.25, 0.3) is 10.1 Å². The number of nitrogens with one attached hydrogen (secondary N) is 1.